The van der Waals surface area contributed by atoms with Gasteiger partial charge in [-0.2, -0.15) is 0 Å². The zero-order valence-corrected chi connectivity index (χ0v) is 19.1. The van der Waals surface area contributed by atoms with Crippen molar-refractivity contribution >= 4 is 55.8 Å². The second-order valence-electron chi connectivity index (χ2n) is 6.91. The van der Waals surface area contributed by atoms with Crippen LogP contribution in [0.3, 0.4) is 0 Å². The van der Waals surface area contributed by atoms with Gasteiger partial charge in [0.15, 0.2) is 5.16 Å². The van der Waals surface area contributed by atoms with E-state index in [-0.39, 0.29) is 23.6 Å². The molecule has 0 saturated carbocycles. The van der Waals surface area contributed by atoms with E-state index in [1.165, 1.54) is 28.0 Å². The number of thioether (sulfide) groups is 1. The predicted molar refractivity (Wildman–Crippen MR) is 117 cm³/mol. The molecule has 0 bridgehead atoms. The molecule has 2 aromatic rings. The van der Waals surface area contributed by atoms with Crippen LogP contribution in [-0.4, -0.2) is 47.3 Å². The van der Waals surface area contributed by atoms with Gasteiger partial charge in [0.1, 0.15) is 10.7 Å². The fraction of sp³-hybridized carbons (Fsp3) is 0.474. The number of carbonyl (C=O) groups is 2. The van der Waals surface area contributed by atoms with E-state index in [1.807, 2.05) is 6.26 Å². The van der Waals surface area contributed by atoms with Crippen molar-refractivity contribution in [1.29, 1.82) is 0 Å². The number of anilines is 1. The molecule has 1 fully saturated rings. The predicted octanol–water partition coefficient (Wildman–Crippen LogP) is 3.67. The van der Waals surface area contributed by atoms with E-state index in [1.54, 1.807) is 6.20 Å². The van der Waals surface area contributed by atoms with E-state index in [4.69, 9.17) is 4.74 Å². The minimum atomic E-state index is -0.359. The van der Waals surface area contributed by atoms with Gasteiger partial charge in [0.05, 0.1) is 16.1 Å². The number of hydrogen-bond donors (Lipinski definition) is 2. The second kappa shape index (κ2) is 9.11. The van der Waals surface area contributed by atoms with Gasteiger partial charge in [0, 0.05) is 24.2 Å². The highest BCUT2D eigenvalue weighted by atomic mass is 79.9. The molecule has 2 aliphatic rings. The number of ether oxygens (including phenoxy) is 1. The smallest absolute Gasteiger partial charge is 0.276 e. The van der Waals surface area contributed by atoms with Crippen molar-refractivity contribution in [2.45, 2.75) is 43.4 Å². The van der Waals surface area contributed by atoms with Gasteiger partial charge in [-0.25, -0.2) is 9.97 Å². The fourth-order valence-electron chi connectivity index (χ4n) is 3.60. The molecule has 1 saturated heterocycles. The molecule has 2 aromatic heterocycles. The van der Waals surface area contributed by atoms with Crippen molar-refractivity contribution in [1.82, 2.24) is 15.3 Å². The van der Waals surface area contributed by atoms with Gasteiger partial charge in [0.25, 0.3) is 11.8 Å². The van der Waals surface area contributed by atoms with Gasteiger partial charge in [-0.1, -0.05) is 11.8 Å². The molecule has 10 heteroatoms. The first-order chi connectivity index (χ1) is 14.1. The lowest BCUT2D eigenvalue weighted by Gasteiger charge is -2.13. The van der Waals surface area contributed by atoms with E-state index < -0.39 is 0 Å². The first-order valence-corrected chi connectivity index (χ1v) is 12.3. The van der Waals surface area contributed by atoms with Crippen LogP contribution in [0.2, 0.25) is 0 Å². The molecule has 0 aromatic carbocycles. The van der Waals surface area contributed by atoms with Gasteiger partial charge in [-0.05, 0) is 59.9 Å². The molecule has 4 rings (SSSR count). The summed E-state index contributed by atoms with van der Waals surface area (Å²) in [6.07, 6.45) is 8.32. The van der Waals surface area contributed by atoms with Crippen LogP contribution in [-0.2, 0) is 17.6 Å². The Labute approximate surface area is 185 Å². The number of fused-ring (bicyclic) bond motifs is 1. The first kappa shape index (κ1) is 20.8. The average Bonchev–Trinajstić information content (AvgIpc) is 3.44. The van der Waals surface area contributed by atoms with E-state index in [2.05, 4.69) is 36.5 Å². The lowest BCUT2D eigenvalue weighted by molar-refractivity contribution is 0.0858. The number of aryl methyl sites for hydroxylation is 1. The average molecular weight is 497 g/mol. The quantitative estimate of drug-likeness (QED) is 0.468. The summed E-state index contributed by atoms with van der Waals surface area (Å²) in [7, 11) is 0. The SMILES string of the molecule is CSc1ncc(Br)c(C(=O)Nc2sc3c(c2C(=O)NC[C@@H]2CCCO2)CCC3)n1. The summed E-state index contributed by atoms with van der Waals surface area (Å²) in [6, 6.07) is 0. The summed E-state index contributed by atoms with van der Waals surface area (Å²) in [5, 5.41) is 7.01. The van der Waals surface area contributed by atoms with E-state index >= 15 is 0 Å². The van der Waals surface area contributed by atoms with E-state index in [0.29, 0.717) is 26.7 Å². The molecule has 1 atom stereocenters. The highest BCUT2D eigenvalue weighted by Crippen LogP contribution is 2.39. The number of hydrogen-bond acceptors (Lipinski definition) is 7. The molecule has 1 aliphatic carbocycles. The molecule has 2 amide bonds. The Hall–Kier alpha value is -1.49. The third kappa shape index (κ3) is 4.50. The van der Waals surface area contributed by atoms with Crippen LogP contribution < -0.4 is 10.6 Å². The summed E-state index contributed by atoms with van der Waals surface area (Å²) in [5.74, 6) is -0.510. The highest BCUT2D eigenvalue weighted by Gasteiger charge is 2.29. The van der Waals surface area contributed by atoms with Gasteiger partial charge in [0.2, 0.25) is 0 Å². The molecule has 7 nitrogen and oxygen atoms in total. The summed E-state index contributed by atoms with van der Waals surface area (Å²) < 4.78 is 6.11. The van der Waals surface area contributed by atoms with Crippen LogP contribution >= 0.6 is 39.0 Å². The summed E-state index contributed by atoms with van der Waals surface area (Å²) in [4.78, 5) is 35.5. The molecule has 3 heterocycles. The number of amides is 2. The summed E-state index contributed by atoms with van der Waals surface area (Å²) >= 11 is 6.19. The van der Waals surface area contributed by atoms with Crippen LogP contribution in [0.1, 0.15) is 50.5 Å². The van der Waals surface area contributed by atoms with Gasteiger partial charge in [-0.15, -0.1) is 11.3 Å². The Morgan fingerprint density at radius 1 is 1.34 bits per heavy atom. The Morgan fingerprint density at radius 2 is 2.21 bits per heavy atom. The number of aromatic nitrogens is 2. The van der Waals surface area contributed by atoms with Crippen molar-refractivity contribution in [3.63, 3.8) is 0 Å². The van der Waals surface area contributed by atoms with E-state index in [9.17, 15) is 9.59 Å². The molecule has 2 N–H and O–H groups in total. The Balaban J connectivity index is 1.56. The van der Waals surface area contributed by atoms with Crippen molar-refractivity contribution in [3.05, 3.63) is 32.4 Å². The maximum atomic E-state index is 13.0. The van der Waals surface area contributed by atoms with E-state index in [0.717, 1.165) is 44.3 Å². The minimum Gasteiger partial charge on any atom is -0.376 e. The second-order valence-corrected chi connectivity index (χ2v) is 9.65. The van der Waals surface area contributed by atoms with Crippen molar-refractivity contribution < 1.29 is 14.3 Å². The number of nitrogens with one attached hydrogen (secondary N) is 2. The lowest BCUT2D eigenvalue weighted by Crippen LogP contribution is -2.32. The highest BCUT2D eigenvalue weighted by molar-refractivity contribution is 9.10. The zero-order valence-electron chi connectivity index (χ0n) is 15.9. The number of carbonyl (C=O) groups excluding carboxylic acids is 2. The number of nitrogens with zero attached hydrogens (tertiary/aromatic N) is 2. The monoisotopic (exact) mass is 496 g/mol. The molecule has 29 heavy (non-hydrogen) atoms. The normalized spacial score (nSPS) is 17.9. The first-order valence-electron chi connectivity index (χ1n) is 9.49. The van der Waals surface area contributed by atoms with Crippen LogP contribution in [0.15, 0.2) is 15.8 Å². The molecule has 0 spiro atoms. The molecular formula is C19H21BrN4O3S2. The largest absolute Gasteiger partial charge is 0.376 e. The third-order valence-electron chi connectivity index (χ3n) is 5.01. The van der Waals surface area contributed by atoms with Gasteiger partial charge >= 0.3 is 0 Å². The lowest BCUT2D eigenvalue weighted by atomic mass is 10.1. The molecule has 154 valence electrons. The van der Waals surface area contributed by atoms with Crippen molar-refractivity contribution in [2.75, 3.05) is 24.7 Å². The maximum Gasteiger partial charge on any atom is 0.276 e. The van der Waals surface area contributed by atoms with Crippen LogP contribution in [0.4, 0.5) is 5.00 Å². The number of rotatable bonds is 6. The molecular weight excluding hydrogens is 476 g/mol. The summed E-state index contributed by atoms with van der Waals surface area (Å²) in [5.41, 5.74) is 1.90. The topological polar surface area (TPSA) is 93.2 Å². The minimum absolute atomic E-state index is 0.0746. The number of thiophene rings is 1. The third-order valence-corrected chi connectivity index (χ3v) is 7.36. The molecule has 0 unspecified atom stereocenters. The van der Waals surface area contributed by atoms with Gasteiger partial charge < -0.3 is 15.4 Å². The van der Waals surface area contributed by atoms with Crippen LogP contribution in [0.25, 0.3) is 0 Å². The number of halogens is 1. The molecule has 0 radical (unpaired) electrons. The maximum absolute atomic E-state index is 13.0. The van der Waals surface area contributed by atoms with Crippen molar-refractivity contribution in [3.8, 4) is 0 Å². The Morgan fingerprint density at radius 3 is 2.97 bits per heavy atom. The van der Waals surface area contributed by atoms with Crippen LogP contribution in [0.5, 0.6) is 0 Å². The van der Waals surface area contributed by atoms with Gasteiger partial charge in [-0.3, -0.25) is 9.59 Å². The molecule has 1 aliphatic heterocycles. The van der Waals surface area contributed by atoms with Crippen molar-refractivity contribution in [2.24, 2.45) is 0 Å². The fourth-order valence-corrected chi connectivity index (χ4v) is 5.60. The Kier molecular flexibility index (Phi) is 6.53. The zero-order chi connectivity index (χ0) is 20.4. The summed E-state index contributed by atoms with van der Waals surface area (Å²) in [6.45, 7) is 1.24. The standard InChI is InChI=1S/C19H21BrN4O3S2/c1-28-19-22-9-12(20)15(23-19)17(26)24-18-14(11-5-2-6-13(11)29-18)16(25)21-8-10-4-3-7-27-10/h9-10H,2-8H2,1H3,(H,21,25)(H,24,26)/t10-/m0/s1. The van der Waals surface area contributed by atoms with Crippen LogP contribution in [0, 0.1) is 0 Å². The Bertz CT molecular complexity index is 944.